The van der Waals surface area contributed by atoms with Crippen LogP contribution in [0.3, 0.4) is 0 Å². The highest BCUT2D eigenvalue weighted by atomic mass is 35.5. The summed E-state index contributed by atoms with van der Waals surface area (Å²) in [5.41, 5.74) is 1.02. The van der Waals surface area contributed by atoms with E-state index in [0.29, 0.717) is 23.1 Å². The van der Waals surface area contributed by atoms with Crippen molar-refractivity contribution in [3.63, 3.8) is 0 Å². The molecule has 0 bridgehead atoms. The Morgan fingerprint density at radius 1 is 1.09 bits per heavy atom. The fourth-order valence-electron chi connectivity index (χ4n) is 3.07. The van der Waals surface area contributed by atoms with Crippen LogP contribution in [0.2, 0.25) is 5.02 Å². The van der Waals surface area contributed by atoms with Gasteiger partial charge in [-0.1, -0.05) is 51.8 Å². The molecule has 0 unspecified atom stereocenters. The highest BCUT2D eigenvalue weighted by molar-refractivity contribution is 6.30. The number of carbonyl (C=O) groups excluding carboxylic acids is 2. The molecule has 0 aliphatic rings. The number of rotatable bonds is 7. The summed E-state index contributed by atoms with van der Waals surface area (Å²) < 4.78 is 1.83. The van der Waals surface area contributed by atoms with E-state index < -0.39 is 0 Å². The minimum absolute atomic E-state index is 0.0629. The van der Waals surface area contributed by atoms with Crippen LogP contribution in [0.15, 0.2) is 30.3 Å². The molecule has 0 fully saturated rings. The molecule has 32 heavy (non-hydrogen) atoms. The first kappa shape index (κ1) is 25.7. The molecule has 0 saturated heterocycles. The third-order valence-corrected chi connectivity index (χ3v) is 5.09. The van der Waals surface area contributed by atoms with Gasteiger partial charge in [-0.3, -0.25) is 4.79 Å². The molecule has 0 atom stereocenters. The van der Waals surface area contributed by atoms with E-state index in [9.17, 15) is 9.59 Å². The molecule has 0 radical (unpaired) electrons. The summed E-state index contributed by atoms with van der Waals surface area (Å²) in [6.45, 7) is 14.8. The zero-order valence-corrected chi connectivity index (χ0v) is 21.0. The summed E-state index contributed by atoms with van der Waals surface area (Å²) in [4.78, 5) is 27.3. The zero-order chi connectivity index (χ0) is 24.1. The highest BCUT2D eigenvalue weighted by Crippen LogP contribution is 2.28. The van der Waals surface area contributed by atoms with Gasteiger partial charge in [0.25, 0.3) is 0 Å². The van der Waals surface area contributed by atoms with Crippen molar-refractivity contribution in [2.45, 2.75) is 72.3 Å². The van der Waals surface area contributed by atoms with Crippen LogP contribution < -0.4 is 10.6 Å². The summed E-state index contributed by atoms with van der Waals surface area (Å²) in [7, 11) is 0. The number of urea groups is 1. The van der Waals surface area contributed by atoms with Crippen molar-refractivity contribution in [3.8, 4) is 0 Å². The van der Waals surface area contributed by atoms with Crippen molar-refractivity contribution < 1.29 is 9.59 Å². The second-order valence-corrected chi connectivity index (χ2v) is 10.4. The number of hydrogen-bond donors (Lipinski definition) is 2. The number of anilines is 2. The number of carbonyl (C=O) groups is 2. The van der Waals surface area contributed by atoms with Crippen molar-refractivity contribution in [1.82, 2.24) is 14.7 Å². The van der Waals surface area contributed by atoms with Crippen molar-refractivity contribution in [1.29, 1.82) is 0 Å². The maximum absolute atomic E-state index is 12.9. The summed E-state index contributed by atoms with van der Waals surface area (Å²) in [6.07, 6.45) is 1.71. The maximum Gasteiger partial charge on any atom is 0.322 e. The van der Waals surface area contributed by atoms with Gasteiger partial charge < -0.3 is 15.5 Å². The van der Waals surface area contributed by atoms with Gasteiger partial charge in [0.05, 0.1) is 11.2 Å². The van der Waals surface area contributed by atoms with E-state index in [1.807, 2.05) is 38.4 Å². The Balaban J connectivity index is 2.18. The number of amides is 3. The minimum Gasteiger partial charge on any atom is -0.315 e. The Hall–Kier alpha value is -2.54. The second-order valence-electron chi connectivity index (χ2n) is 10.0. The van der Waals surface area contributed by atoms with Crippen molar-refractivity contribution >= 4 is 35.0 Å². The summed E-state index contributed by atoms with van der Waals surface area (Å²) >= 11 is 6.01. The molecule has 7 nitrogen and oxygen atoms in total. The predicted octanol–water partition coefficient (Wildman–Crippen LogP) is 5.86. The van der Waals surface area contributed by atoms with Gasteiger partial charge in [0, 0.05) is 28.7 Å². The molecular weight excluding hydrogens is 426 g/mol. The van der Waals surface area contributed by atoms with Gasteiger partial charge in [-0.2, -0.15) is 5.10 Å². The summed E-state index contributed by atoms with van der Waals surface area (Å²) in [5, 5.41) is 11.1. The van der Waals surface area contributed by atoms with E-state index in [1.165, 1.54) is 4.90 Å². The Labute approximate surface area is 196 Å². The van der Waals surface area contributed by atoms with Crippen molar-refractivity contribution in [2.24, 2.45) is 0 Å². The molecule has 2 N–H and O–H groups in total. The average molecular weight is 462 g/mol. The molecular formula is C24H36ClN5O2. The lowest BCUT2D eigenvalue weighted by Crippen LogP contribution is -2.41. The van der Waals surface area contributed by atoms with E-state index >= 15 is 0 Å². The number of benzene rings is 1. The standard InChI is InChI=1S/C24H36ClN5O2/c1-8-9-13-29(22(32)26-18-12-10-11-17(25)14-18)16-21(31)27-20-15-19(23(2,3)4)28-30(20)24(5,6)7/h10-12,14-15H,8-9,13,16H2,1-7H3,(H,26,32)(H,27,31). The Morgan fingerprint density at radius 2 is 1.78 bits per heavy atom. The normalized spacial score (nSPS) is 11.9. The van der Waals surface area contributed by atoms with Gasteiger partial charge >= 0.3 is 6.03 Å². The van der Waals surface area contributed by atoms with Gasteiger partial charge in [0.1, 0.15) is 12.4 Å². The molecule has 2 rings (SSSR count). The minimum atomic E-state index is -0.337. The third kappa shape index (κ3) is 7.26. The smallest absolute Gasteiger partial charge is 0.315 e. The second kappa shape index (κ2) is 10.4. The lowest BCUT2D eigenvalue weighted by Gasteiger charge is -2.25. The van der Waals surface area contributed by atoms with Crippen LogP contribution in [0.1, 0.15) is 67.0 Å². The van der Waals surface area contributed by atoms with Crippen LogP contribution in [0.25, 0.3) is 0 Å². The monoisotopic (exact) mass is 461 g/mol. The van der Waals surface area contributed by atoms with E-state index in [4.69, 9.17) is 16.7 Å². The lowest BCUT2D eigenvalue weighted by atomic mass is 9.92. The van der Waals surface area contributed by atoms with E-state index in [0.717, 1.165) is 18.5 Å². The quantitative estimate of drug-likeness (QED) is 0.541. The third-order valence-electron chi connectivity index (χ3n) is 4.86. The molecule has 0 aliphatic carbocycles. The number of hydrogen-bond acceptors (Lipinski definition) is 3. The van der Waals surface area contributed by atoms with Crippen molar-refractivity contribution in [3.05, 3.63) is 41.0 Å². The molecule has 1 aromatic heterocycles. The largest absolute Gasteiger partial charge is 0.322 e. The van der Waals surface area contributed by atoms with Gasteiger partial charge in [0.2, 0.25) is 5.91 Å². The van der Waals surface area contributed by atoms with Crippen molar-refractivity contribution in [2.75, 3.05) is 23.7 Å². The average Bonchev–Trinajstić information content (AvgIpc) is 3.09. The molecule has 0 spiro atoms. The number of unbranched alkanes of at least 4 members (excludes halogenated alkanes) is 1. The summed E-state index contributed by atoms with van der Waals surface area (Å²) in [5.74, 6) is 0.353. The highest BCUT2D eigenvalue weighted by Gasteiger charge is 2.26. The van der Waals surface area contributed by atoms with Gasteiger partial charge in [-0.05, 0) is 45.4 Å². The van der Waals surface area contributed by atoms with Crippen LogP contribution in [-0.4, -0.2) is 39.7 Å². The SMILES string of the molecule is CCCCN(CC(=O)Nc1cc(C(C)(C)C)nn1C(C)(C)C)C(=O)Nc1cccc(Cl)c1. The number of aromatic nitrogens is 2. The molecule has 3 amide bonds. The molecule has 176 valence electrons. The van der Waals surface area contributed by atoms with Gasteiger partial charge in [-0.15, -0.1) is 0 Å². The van der Waals surface area contributed by atoms with Crippen LogP contribution in [0.5, 0.6) is 0 Å². The fourth-order valence-corrected chi connectivity index (χ4v) is 3.26. The van der Waals surface area contributed by atoms with Crippen LogP contribution >= 0.6 is 11.6 Å². The Bertz CT molecular complexity index is 941. The molecule has 1 aromatic carbocycles. The first-order chi connectivity index (χ1) is 14.8. The number of nitrogens with zero attached hydrogens (tertiary/aromatic N) is 3. The molecule has 2 aromatic rings. The van der Waals surface area contributed by atoms with Crippen LogP contribution in [-0.2, 0) is 15.7 Å². The van der Waals surface area contributed by atoms with E-state index in [2.05, 4.69) is 31.4 Å². The Morgan fingerprint density at radius 3 is 2.34 bits per heavy atom. The zero-order valence-electron chi connectivity index (χ0n) is 20.3. The molecule has 0 saturated carbocycles. The molecule has 1 heterocycles. The Kier molecular flexibility index (Phi) is 8.35. The fraction of sp³-hybridized carbons (Fsp3) is 0.542. The van der Waals surface area contributed by atoms with Crippen LogP contribution in [0.4, 0.5) is 16.3 Å². The predicted molar refractivity (Wildman–Crippen MR) is 132 cm³/mol. The maximum atomic E-state index is 12.9. The lowest BCUT2D eigenvalue weighted by molar-refractivity contribution is -0.116. The molecule has 0 aliphatic heterocycles. The molecule has 8 heteroatoms. The van der Waals surface area contributed by atoms with Gasteiger partial charge in [-0.25, -0.2) is 9.48 Å². The van der Waals surface area contributed by atoms with Gasteiger partial charge in [0.15, 0.2) is 0 Å². The summed E-state index contributed by atoms with van der Waals surface area (Å²) in [6, 6.07) is 8.51. The topological polar surface area (TPSA) is 79.3 Å². The number of nitrogens with one attached hydrogen (secondary N) is 2. The van der Waals surface area contributed by atoms with Crippen LogP contribution in [0, 0.1) is 0 Å². The van der Waals surface area contributed by atoms with E-state index in [-0.39, 0.29) is 29.4 Å². The number of halogens is 1. The van der Waals surface area contributed by atoms with E-state index in [1.54, 1.807) is 24.3 Å². The first-order valence-electron chi connectivity index (χ1n) is 11.0. The first-order valence-corrected chi connectivity index (χ1v) is 11.4.